The SMILES string of the molecule is O=S(=O)([O-])CNc1ccc2cc(S(=O)(=O)O)cc([O-])c2c1N=Nc1ccccc1S(=O)(=O)CCOS(=O)(=O)O.[Na+].[Na+]. The molecule has 3 N–H and O–H groups in total. The molecule has 0 aliphatic heterocycles. The molecule has 0 saturated carbocycles. The first-order valence-corrected chi connectivity index (χ1v) is 16.2. The molecule has 22 heteroatoms. The van der Waals surface area contributed by atoms with Crippen LogP contribution in [0.4, 0.5) is 17.1 Å². The van der Waals surface area contributed by atoms with Crippen LogP contribution in [0.5, 0.6) is 5.75 Å². The van der Waals surface area contributed by atoms with Crippen molar-refractivity contribution in [2.24, 2.45) is 10.2 Å². The maximum atomic E-state index is 12.8. The second-order valence-electron chi connectivity index (χ2n) is 7.57. The number of azo groups is 1. The van der Waals surface area contributed by atoms with Crippen LogP contribution in [-0.4, -0.2) is 65.6 Å². The van der Waals surface area contributed by atoms with Gasteiger partial charge in [-0.2, -0.15) is 16.8 Å². The minimum absolute atomic E-state index is 0. The van der Waals surface area contributed by atoms with Crippen molar-refractivity contribution in [3.8, 4) is 5.75 Å². The predicted octanol–water partition coefficient (Wildman–Crippen LogP) is -4.91. The van der Waals surface area contributed by atoms with Gasteiger partial charge in [-0.15, -0.1) is 10.2 Å². The summed E-state index contributed by atoms with van der Waals surface area (Å²) >= 11 is 0. The molecule has 212 valence electrons. The van der Waals surface area contributed by atoms with E-state index in [0.29, 0.717) is 6.07 Å². The van der Waals surface area contributed by atoms with Crippen LogP contribution in [0.3, 0.4) is 0 Å². The number of nitrogens with zero attached hydrogens (tertiary/aromatic N) is 2. The Balaban J connectivity index is 0.00000420. The smallest absolute Gasteiger partial charge is 0.872 e. The van der Waals surface area contributed by atoms with Gasteiger partial charge in [0.1, 0.15) is 27.4 Å². The topological polar surface area (TPSA) is 269 Å². The van der Waals surface area contributed by atoms with Crippen molar-refractivity contribution in [3.63, 3.8) is 0 Å². The van der Waals surface area contributed by atoms with Gasteiger partial charge in [0, 0.05) is 5.39 Å². The minimum atomic E-state index is -4.90. The van der Waals surface area contributed by atoms with Crippen molar-refractivity contribution in [2.75, 3.05) is 23.6 Å². The second-order valence-corrected chi connectivity index (χ2v) is 13.6. The van der Waals surface area contributed by atoms with Crippen LogP contribution in [0.25, 0.3) is 10.8 Å². The number of hydrogen-bond donors (Lipinski definition) is 3. The van der Waals surface area contributed by atoms with Crippen molar-refractivity contribution >= 4 is 68.3 Å². The zero-order valence-corrected chi connectivity index (χ0v) is 28.4. The van der Waals surface area contributed by atoms with Gasteiger partial charge in [-0.1, -0.05) is 23.9 Å². The Hall–Kier alpha value is -1.24. The summed E-state index contributed by atoms with van der Waals surface area (Å²) in [7, 11) is -18.8. The summed E-state index contributed by atoms with van der Waals surface area (Å²) in [5.74, 6) is -3.03. The minimum Gasteiger partial charge on any atom is -0.872 e. The Kier molecular flexibility index (Phi) is 13.4. The number of sulfone groups is 1. The van der Waals surface area contributed by atoms with Gasteiger partial charge in [0.05, 0.1) is 27.8 Å². The Bertz CT molecular complexity index is 1900. The third kappa shape index (κ3) is 10.8. The Labute approximate surface area is 279 Å². The van der Waals surface area contributed by atoms with Crippen molar-refractivity contribution in [3.05, 3.63) is 48.5 Å². The second kappa shape index (κ2) is 14.5. The summed E-state index contributed by atoms with van der Waals surface area (Å²) in [6, 6.07) is 8.78. The summed E-state index contributed by atoms with van der Waals surface area (Å²) in [5.41, 5.74) is -0.931. The van der Waals surface area contributed by atoms with Gasteiger partial charge in [0.25, 0.3) is 10.1 Å². The fourth-order valence-electron chi connectivity index (χ4n) is 3.21. The summed E-state index contributed by atoms with van der Waals surface area (Å²) in [5, 5.41) is 22.4. The van der Waals surface area contributed by atoms with Crippen molar-refractivity contribution in [1.29, 1.82) is 0 Å². The molecule has 0 amide bonds. The van der Waals surface area contributed by atoms with Gasteiger partial charge in [-0.05, 0) is 35.7 Å². The first kappa shape index (κ1) is 37.8. The van der Waals surface area contributed by atoms with Crippen LogP contribution in [0, 0.1) is 0 Å². The molecule has 0 spiro atoms. The van der Waals surface area contributed by atoms with E-state index in [1.807, 2.05) is 0 Å². The van der Waals surface area contributed by atoms with Crippen LogP contribution in [-0.2, 0) is 44.7 Å². The zero-order valence-electron chi connectivity index (χ0n) is 21.2. The largest absolute Gasteiger partial charge is 1.00 e. The first-order chi connectivity index (χ1) is 17.9. The number of benzene rings is 3. The average molecular weight is 670 g/mol. The molecule has 0 fully saturated rings. The van der Waals surface area contributed by atoms with E-state index < -0.39 is 79.9 Å². The molecule has 0 aliphatic carbocycles. The standard InChI is InChI=1S/C19H19N3O13S4.2Na/c23-16-10-13(38(29,30)31)9-12-5-6-15(20-11-37(26,27)28)19(18(12)16)22-21-14-3-1-2-4-17(14)36(24,25)8-7-35-39(32,33)34;;/h1-6,9-10,20,23H,7-8,11H2,(H,26,27,28)(H,29,30,31)(H,32,33,34);;/q;2*+1/p-2. The molecular weight excluding hydrogens is 652 g/mol. The maximum absolute atomic E-state index is 12.8. The molecule has 16 nitrogen and oxygen atoms in total. The maximum Gasteiger partial charge on any atom is 1.00 e. The van der Waals surface area contributed by atoms with E-state index in [9.17, 15) is 47.9 Å². The zero-order chi connectivity index (χ0) is 29.2. The van der Waals surface area contributed by atoms with Gasteiger partial charge in [-0.25, -0.2) is 21.0 Å². The molecule has 0 atom stereocenters. The van der Waals surface area contributed by atoms with Crippen LogP contribution >= 0.6 is 0 Å². The van der Waals surface area contributed by atoms with E-state index in [-0.39, 0.29) is 81.3 Å². The Morgan fingerprint density at radius 1 is 0.878 bits per heavy atom. The first-order valence-electron chi connectivity index (χ1n) is 10.2. The summed E-state index contributed by atoms with van der Waals surface area (Å²) in [6.07, 6.45) is 0. The fraction of sp³-hybridized carbons (Fsp3) is 0.158. The third-order valence-corrected chi connectivity index (χ3v) is 8.32. The molecule has 0 unspecified atom stereocenters. The van der Waals surface area contributed by atoms with Crippen molar-refractivity contribution in [1.82, 2.24) is 0 Å². The fourth-order valence-corrected chi connectivity index (χ4v) is 5.71. The molecule has 3 rings (SSSR count). The number of anilines is 1. The number of rotatable bonds is 11. The van der Waals surface area contributed by atoms with E-state index in [0.717, 1.165) is 18.2 Å². The van der Waals surface area contributed by atoms with Crippen LogP contribution in [0.1, 0.15) is 0 Å². The molecule has 41 heavy (non-hydrogen) atoms. The predicted molar refractivity (Wildman–Crippen MR) is 132 cm³/mol. The number of fused-ring (bicyclic) bond motifs is 1. The molecule has 0 radical (unpaired) electrons. The normalized spacial score (nSPS) is 12.6. The molecule has 0 bridgehead atoms. The van der Waals surface area contributed by atoms with E-state index in [4.69, 9.17) is 4.55 Å². The Morgan fingerprint density at radius 3 is 2.10 bits per heavy atom. The third-order valence-electron chi connectivity index (χ3n) is 4.81. The Morgan fingerprint density at radius 2 is 1.51 bits per heavy atom. The van der Waals surface area contributed by atoms with Gasteiger partial charge in [0.15, 0.2) is 9.84 Å². The van der Waals surface area contributed by atoms with Gasteiger partial charge >= 0.3 is 69.5 Å². The number of hydrogen-bond acceptors (Lipinski definition) is 14. The van der Waals surface area contributed by atoms with Gasteiger partial charge < -0.3 is 15.0 Å². The van der Waals surface area contributed by atoms with E-state index in [2.05, 4.69) is 19.7 Å². The molecule has 3 aromatic carbocycles. The van der Waals surface area contributed by atoms with E-state index >= 15 is 0 Å². The molecule has 0 heterocycles. The average Bonchev–Trinajstić information content (AvgIpc) is 2.79. The molecule has 0 aromatic heterocycles. The van der Waals surface area contributed by atoms with Gasteiger partial charge in [-0.3, -0.25) is 9.11 Å². The molecule has 0 aliphatic rings. The molecular formula is C19H17N3Na2O13S4. The van der Waals surface area contributed by atoms with Crippen molar-refractivity contribution < 1.29 is 116 Å². The monoisotopic (exact) mass is 669 g/mol. The van der Waals surface area contributed by atoms with Crippen molar-refractivity contribution in [2.45, 2.75) is 9.79 Å². The summed E-state index contributed by atoms with van der Waals surface area (Å²) in [4.78, 5) is -1.20. The number of nitrogens with one attached hydrogen (secondary N) is 1. The quantitative estimate of drug-likeness (QED) is 0.0981. The molecule has 3 aromatic rings. The molecule has 0 saturated heterocycles. The summed E-state index contributed by atoms with van der Waals surface area (Å²) in [6.45, 7) is -0.927. The van der Waals surface area contributed by atoms with E-state index in [1.54, 1.807) is 0 Å². The van der Waals surface area contributed by atoms with Gasteiger partial charge in [0.2, 0.25) is 0 Å². The van der Waals surface area contributed by atoms with Crippen LogP contribution < -0.4 is 69.5 Å². The van der Waals surface area contributed by atoms with E-state index in [1.165, 1.54) is 24.3 Å². The summed E-state index contributed by atoms with van der Waals surface area (Å²) < 4.78 is 125. The van der Waals surface area contributed by atoms with Crippen LogP contribution in [0.15, 0.2) is 68.6 Å². The van der Waals surface area contributed by atoms with Crippen LogP contribution in [0.2, 0.25) is 0 Å².